The molecule has 3 nitrogen and oxygen atoms in total. The van der Waals surface area contributed by atoms with E-state index in [1.165, 1.54) is 36.0 Å². The second kappa shape index (κ2) is 5.02. The van der Waals surface area contributed by atoms with Gasteiger partial charge < -0.3 is 10.6 Å². The first-order valence-corrected chi connectivity index (χ1v) is 7.08. The largest absolute Gasteiger partial charge is 0.370 e. The van der Waals surface area contributed by atoms with E-state index in [-0.39, 0.29) is 0 Å². The number of fused-ring (bicyclic) bond motifs is 1. The molecular weight excluding hydrogens is 230 g/mol. The van der Waals surface area contributed by atoms with Crippen molar-refractivity contribution >= 4 is 27.2 Å². The van der Waals surface area contributed by atoms with E-state index >= 15 is 0 Å². The van der Waals surface area contributed by atoms with Gasteiger partial charge in [0.2, 0.25) is 0 Å². The first-order valence-electron chi connectivity index (χ1n) is 6.20. The molecule has 1 aliphatic rings. The van der Waals surface area contributed by atoms with Crippen molar-refractivity contribution in [3.05, 3.63) is 23.7 Å². The van der Waals surface area contributed by atoms with Gasteiger partial charge in [0.15, 0.2) is 0 Å². The summed E-state index contributed by atoms with van der Waals surface area (Å²) in [7, 11) is 0. The fourth-order valence-corrected chi connectivity index (χ4v) is 3.17. The zero-order valence-corrected chi connectivity index (χ0v) is 10.6. The molecule has 3 rings (SSSR count). The van der Waals surface area contributed by atoms with Crippen molar-refractivity contribution < 1.29 is 0 Å². The second-order valence-electron chi connectivity index (χ2n) is 4.57. The molecule has 3 heterocycles. The quantitative estimate of drug-likeness (QED) is 0.872. The summed E-state index contributed by atoms with van der Waals surface area (Å²) < 4.78 is 1.31. The first-order chi connectivity index (χ1) is 8.43. The maximum atomic E-state index is 4.42. The third-order valence-corrected chi connectivity index (χ3v) is 4.27. The summed E-state index contributed by atoms with van der Waals surface area (Å²) in [5, 5.41) is 10.2. The van der Waals surface area contributed by atoms with Crippen molar-refractivity contribution in [1.82, 2.24) is 10.3 Å². The number of aromatic nitrogens is 1. The van der Waals surface area contributed by atoms with Gasteiger partial charge in [-0.2, -0.15) is 0 Å². The summed E-state index contributed by atoms with van der Waals surface area (Å²) in [6, 6.07) is 4.22. The molecule has 2 N–H and O–H groups in total. The van der Waals surface area contributed by atoms with Crippen LogP contribution in [-0.2, 0) is 0 Å². The van der Waals surface area contributed by atoms with Crippen LogP contribution in [0.5, 0.6) is 0 Å². The Morgan fingerprint density at radius 1 is 1.47 bits per heavy atom. The summed E-state index contributed by atoms with van der Waals surface area (Å²) in [4.78, 5) is 4.42. The highest BCUT2D eigenvalue weighted by atomic mass is 32.1. The fourth-order valence-electron chi connectivity index (χ4n) is 2.39. The third kappa shape index (κ3) is 2.42. The fraction of sp³-hybridized carbons (Fsp3) is 0.462. The van der Waals surface area contributed by atoms with Gasteiger partial charge in [0.05, 0.1) is 0 Å². The number of nitrogens with one attached hydrogen (secondary N) is 2. The molecule has 1 saturated heterocycles. The van der Waals surface area contributed by atoms with Crippen molar-refractivity contribution in [3.8, 4) is 0 Å². The van der Waals surface area contributed by atoms with Gasteiger partial charge in [-0.1, -0.05) is 0 Å². The molecule has 0 spiro atoms. The minimum absolute atomic E-state index is 0.837. The number of nitrogens with zero attached hydrogens (tertiary/aromatic N) is 1. The minimum atomic E-state index is 0.837. The van der Waals surface area contributed by atoms with Crippen LogP contribution in [0, 0.1) is 5.92 Å². The summed E-state index contributed by atoms with van der Waals surface area (Å²) in [6.07, 6.45) is 4.44. The predicted octanol–water partition coefficient (Wildman–Crippen LogP) is 2.71. The molecule has 4 heteroatoms. The Labute approximate surface area is 105 Å². The minimum Gasteiger partial charge on any atom is -0.370 e. The van der Waals surface area contributed by atoms with Gasteiger partial charge in [-0.05, 0) is 49.4 Å². The molecule has 1 fully saturated rings. The molecule has 0 saturated carbocycles. The Morgan fingerprint density at radius 3 is 3.35 bits per heavy atom. The molecule has 0 aromatic carbocycles. The van der Waals surface area contributed by atoms with Crippen LogP contribution in [0.3, 0.4) is 0 Å². The van der Waals surface area contributed by atoms with E-state index in [1.54, 1.807) is 11.3 Å². The lowest BCUT2D eigenvalue weighted by Gasteiger charge is -2.10. The number of anilines is 1. The van der Waals surface area contributed by atoms with Gasteiger partial charge in [-0.3, -0.25) is 0 Å². The van der Waals surface area contributed by atoms with E-state index in [1.807, 2.05) is 6.20 Å². The number of thiophene rings is 1. The summed E-state index contributed by atoms with van der Waals surface area (Å²) in [6.45, 7) is 3.38. The summed E-state index contributed by atoms with van der Waals surface area (Å²) in [5.41, 5.74) is 0. The normalized spacial score (nSPS) is 19.9. The Morgan fingerprint density at radius 2 is 2.47 bits per heavy atom. The molecule has 0 bridgehead atoms. The van der Waals surface area contributed by atoms with Crippen LogP contribution in [0.4, 0.5) is 5.82 Å². The SMILES string of the molecule is c1cc2sccc2c(NCCC2CCNC2)n1. The Kier molecular flexibility index (Phi) is 3.25. The Bertz CT molecular complexity index is 488. The highest BCUT2D eigenvalue weighted by molar-refractivity contribution is 7.17. The standard InChI is InChI=1S/C13H17N3S/c1-5-14-9-10(1)2-6-15-13-11-4-8-17-12(11)3-7-16-13/h3-4,7-8,10,14H,1-2,5-6,9H2,(H,15,16). The van der Waals surface area contributed by atoms with E-state index in [2.05, 4.69) is 33.1 Å². The van der Waals surface area contributed by atoms with Gasteiger partial charge in [-0.25, -0.2) is 4.98 Å². The number of hydrogen-bond donors (Lipinski definition) is 2. The monoisotopic (exact) mass is 247 g/mol. The lowest BCUT2D eigenvalue weighted by Crippen LogP contribution is -2.13. The molecule has 2 aromatic rings. The predicted molar refractivity (Wildman–Crippen MR) is 73.7 cm³/mol. The molecule has 1 aliphatic heterocycles. The topological polar surface area (TPSA) is 37.0 Å². The van der Waals surface area contributed by atoms with Crippen LogP contribution >= 0.6 is 11.3 Å². The van der Waals surface area contributed by atoms with Crippen molar-refractivity contribution in [1.29, 1.82) is 0 Å². The smallest absolute Gasteiger partial charge is 0.134 e. The molecule has 17 heavy (non-hydrogen) atoms. The van der Waals surface area contributed by atoms with Crippen LogP contribution < -0.4 is 10.6 Å². The molecule has 0 radical (unpaired) electrons. The van der Waals surface area contributed by atoms with Gasteiger partial charge in [-0.15, -0.1) is 11.3 Å². The van der Waals surface area contributed by atoms with E-state index < -0.39 is 0 Å². The lowest BCUT2D eigenvalue weighted by molar-refractivity contribution is 0.549. The number of pyridine rings is 1. The number of hydrogen-bond acceptors (Lipinski definition) is 4. The van der Waals surface area contributed by atoms with Crippen molar-refractivity contribution in [3.63, 3.8) is 0 Å². The highest BCUT2D eigenvalue weighted by Crippen LogP contribution is 2.25. The Hall–Kier alpha value is -1.13. The second-order valence-corrected chi connectivity index (χ2v) is 5.51. The van der Waals surface area contributed by atoms with Gasteiger partial charge in [0.25, 0.3) is 0 Å². The maximum absolute atomic E-state index is 4.42. The zero-order valence-electron chi connectivity index (χ0n) is 9.78. The van der Waals surface area contributed by atoms with Crippen molar-refractivity contribution in [2.24, 2.45) is 5.92 Å². The molecule has 1 unspecified atom stereocenters. The van der Waals surface area contributed by atoms with Gasteiger partial charge in [0, 0.05) is 22.8 Å². The molecule has 2 aromatic heterocycles. The summed E-state index contributed by atoms with van der Waals surface area (Å²) in [5.74, 6) is 1.87. The number of rotatable bonds is 4. The van der Waals surface area contributed by atoms with Crippen molar-refractivity contribution in [2.45, 2.75) is 12.8 Å². The molecule has 90 valence electrons. The van der Waals surface area contributed by atoms with Crippen LogP contribution in [0.15, 0.2) is 23.7 Å². The Balaban J connectivity index is 1.62. The average molecular weight is 247 g/mol. The molecule has 0 aliphatic carbocycles. The summed E-state index contributed by atoms with van der Waals surface area (Å²) >= 11 is 1.77. The van der Waals surface area contributed by atoms with E-state index in [0.29, 0.717) is 0 Å². The van der Waals surface area contributed by atoms with Crippen LogP contribution in [0.2, 0.25) is 0 Å². The van der Waals surface area contributed by atoms with E-state index in [9.17, 15) is 0 Å². The van der Waals surface area contributed by atoms with Crippen LogP contribution in [0.25, 0.3) is 10.1 Å². The molecule has 0 amide bonds. The molecular formula is C13H17N3S. The zero-order chi connectivity index (χ0) is 11.5. The highest BCUT2D eigenvalue weighted by Gasteiger charge is 2.13. The van der Waals surface area contributed by atoms with E-state index in [0.717, 1.165) is 18.3 Å². The van der Waals surface area contributed by atoms with Gasteiger partial charge in [0.1, 0.15) is 5.82 Å². The average Bonchev–Trinajstić information content (AvgIpc) is 2.99. The maximum Gasteiger partial charge on any atom is 0.134 e. The van der Waals surface area contributed by atoms with E-state index in [4.69, 9.17) is 0 Å². The third-order valence-electron chi connectivity index (χ3n) is 3.39. The van der Waals surface area contributed by atoms with Crippen LogP contribution in [-0.4, -0.2) is 24.6 Å². The lowest BCUT2D eigenvalue weighted by atomic mass is 10.1. The molecule has 1 atom stereocenters. The van der Waals surface area contributed by atoms with Crippen LogP contribution in [0.1, 0.15) is 12.8 Å². The first kappa shape index (κ1) is 11.0. The van der Waals surface area contributed by atoms with Gasteiger partial charge >= 0.3 is 0 Å². The van der Waals surface area contributed by atoms with Crippen molar-refractivity contribution in [2.75, 3.05) is 25.0 Å².